The molecule has 2 heterocycles. The number of aryl methyl sites for hydroxylation is 1. The number of methoxy groups -OCH3 is 1. The number of carbonyl (C=O) groups is 1. The number of hydrogen-bond acceptors (Lipinski definition) is 7. The van der Waals surface area contributed by atoms with Gasteiger partial charge in [0.2, 0.25) is 5.88 Å². The molecule has 2 aromatic carbocycles. The summed E-state index contributed by atoms with van der Waals surface area (Å²) < 4.78 is 29.2. The van der Waals surface area contributed by atoms with E-state index in [1.807, 2.05) is 30.3 Å². The lowest BCUT2D eigenvalue weighted by atomic mass is 9.89. The molecule has 0 bridgehead atoms. The molecule has 0 radical (unpaired) electrons. The molecule has 0 fully saturated rings. The van der Waals surface area contributed by atoms with Crippen LogP contribution in [0.4, 0.5) is 10.1 Å². The number of ether oxygens (including phenoxy) is 2. The summed E-state index contributed by atoms with van der Waals surface area (Å²) in [7, 11) is 1.42. The third-order valence-corrected chi connectivity index (χ3v) is 6.90. The standard InChI is InChI=1S/C31H34FN5O5/c1-6-36-27(18-42-17-21-10-8-7-9-11-21)35-37(31(36)40)26-15-22(24(16-38)19(2)3)23(14-25(26)32)29(39)34-28-20(4)12-13-33-30(28)41-5/h7-15,24,38H,2,6,16-18H2,1,3-5H3,(H,34,39). The van der Waals surface area contributed by atoms with Crippen molar-refractivity contribution in [3.63, 3.8) is 0 Å². The largest absolute Gasteiger partial charge is 0.480 e. The zero-order valence-corrected chi connectivity index (χ0v) is 24.1. The van der Waals surface area contributed by atoms with Crippen molar-refractivity contribution >= 4 is 11.6 Å². The maximum absolute atomic E-state index is 15.8. The van der Waals surface area contributed by atoms with Crippen LogP contribution < -0.4 is 15.7 Å². The first-order valence-corrected chi connectivity index (χ1v) is 13.4. The van der Waals surface area contributed by atoms with E-state index >= 15 is 4.39 Å². The number of rotatable bonds is 12. The molecular formula is C31H34FN5O5. The highest BCUT2D eigenvalue weighted by Crippen LogP contribution is 2.32. The lowest BCUT2D eigenvalue weighted by Crippen LogP contribution is -2.26. The van der Waals surface area contributed by atoms with E-state index in [2.05, 4.69) is 22.0 Å². The van der Waals surface area contributed by atoms with Gasteiger partial charge in [-0.05, 0) is 55.7 Å². The van der Waals surface area contributed by atoms with Crippen LogP contribution in [0.2, 0.25) is 0 Å². The molecule has 42 heavy (non-hydrogen) atoms. The smallest absolute Gasteiger partial charge is 0.350 e. The number of anilines is 1. The number of aromatic nitrogens is 4. The van der Waals surface area contributed by atoms with Gasteiger partial charge in [0.15, 0.2) is 5.82 Å². The third-order valence-electron chi connectivity index (χ3n) is 6.90. The summed E-state index contributed by atoms with van der Waals surface area (Å²) in [5.74, 6) is -1.71. The molecule has 1 atom stereocenters. The van der Waals surface area contributed by atoms with Crippen molar-refractivity contribution in [2.45, 2.75) is 46.4 Å². The van der Waals surface area contributed by atoms with E-state index in [1.54, 1.807) is 33.0 Å². The van der Waals surface area contributed by atoms with Crippen molar-refractivity contribution in [3.05, 3.63) is 111 Å². The molecule has 0 saturated heterocycles. The number of hydrogen-bond donors (Lipinski definition) is 2. The molecule has 1 unspecified atom stereocenters. The van der Waals surface area contributed by atoms with E-state index in [-0.39, 0.29) is 35.8 Å². The second-order valence-electron chi connectivity index (χ2n) is 9.77. The third kappa shape index (κ3) is 6.32. The van der Waals surface area contributed by atoms with Gasteiger partial charge in [-0.3, -0.25) is 9.36 Å². The fourth-order valence-corrected chi connectivity index (χ4v) is 4.62. The predicted molar refractivity (Wildman–Crippen MR) is 157 cm³/mol. The van der Waals surface area contributed by atoms with E-state index in [4.69, 9.17) is 9.47 Å². The van der Waals surface area contributed by atoms with Crippen LogP contribution in [0.1, 0.15) is 52.6 Å². The zero-order chi connectivity index (χ0) is 30.4. The Morgan fingerprint density at radius 3 is 2.57 bits per heavy atom. The van der Waals surface area contributed by atoms with Gasteiger partial charge in [0.1, 0.15) is 23.8 Å². The molecule has 10 nitrogen and oxygen atoms in total. The van der Waals surface area contributed by atoms with Crippen molar-refractivity contribution < 1.29 is 23.8 Å². The van der Waals surface area contributed by atoms with Crippen LogP contribution in [0.15, 0.2) is 71.7 Å². The van der Waals surface area contributed by atoms with E-state index in [0.717, 1.165) is 16.3 Å². The fourth-order valence-electron chi connectivity index (χ4n) is 4.62. The minimum Gasteiger partial charge on any atom is -0.480 e. The Labute approximate surface area is 243 Å². The van der Waals surface area contributed by atoms with Crippen LogP contribution >= 0.6 is 0 Å². The van der Waals surface area contributed by atoms with Crippen LogP contribution in [-0.4, -0.2) is 44.1 Å². The van der Waals surface area contributed by atoms with Gasteiger partial charge in [0, 0.05) is 24.2 Å². The fraction of sp³-hybridized carbons (Fsp3) is 0.290. The van der Waals surface area contributed by atoms with Gasteiger partial charge in [-0.1, -0.05) is 42.5 Å². The first-order valence-electron chi connectivity index (χ1n) is 13.4. The molecule has 2 N–H and O–H groups in total. The molecule has 4 rings (SSSR count). The van der Waals surface area contributed by atoms with Gasteiger partial charge < -0.3 is 19.9 Å². The molecule has 4 aromatic rings. The first kappa shape index (κ1) is 30.4. The summed E-state index contributed by atoms with van der Waals surface area (Å²) in [4.78, 5) is 31.0. The van der Waals surface area contributed by atoms with Gasteiger partial charge in [-0.25, -0.2) is 14.2 Å². The van der Waals surface area contributed by atoms with Crippen LogP contribution in [0, 0.1) is 12.7 Å². The summed E-state index contributed by atoms with van der Waals surface area (Å²) in [6.45, 7) is 9.41. The van der Waals surface area contributed by atoms with Crippen molar-refractivity contribution in [2.75, 3.05) is 19.0 Å². The second-order valence-corrected chi connectivity index (χ2v) is 9.77. The Morgan fingerprint density at radius 2 is 1.93 bits per heavy atom. The minimum atomic E-state index is -0.850. The Hall–Kier alpha value is -4.61. The molecule has 220 valence electrons. The molecule has 0 aliphatic rings. The first-order chi connectivity index (χ1) is 20.2. The topological polar surface area (TPSA) is 120 Å². The number of carbonyl (C=O) groups excluding carboxylic acids is 1. The summed E-state index contributed by atoms with van der Waals surface area (Å²) in [5, 5.41) is 17.3. The SMILES string of the molecule is C=C(C)C(CO)c1cc(-n2nc(COCc3ccccc3)n(CC)c2=O)c(F)cc1C(=O)Nc1c(C)ccnc1OC. The van der Waals surface area contributed by atoms with Gasteiger partial charge >= 0.3 is 5.69 Å². The number of pyridine rings is 1. The number of aliphatic hydroxyl groups is 1. The highest BCUT2D eigenvalue weighted by atomic mass is 19.1. The highest BCUT2D eigenvalue weighted by Gasteiger charge is 2.26. The number of aliphatic hydroxyl groups excluding tert-OH is 1. The average Bonchev–Trinajstić information content (AvgIpc) is 3.29. The quantitative estimate of drug-likeness (QED) is 0.238. The maximum Gasteiger partial charge on any atom is 0.350 e. The summed E-state index contributed by atoms with van der Waals surface area (Å²) in [5.41, 5.74) is 2.02. The lowest BCUT2D eigenvalue weighted by Gasteiger charge is -2.20. The van der Waals surface area contributed by atoms with E-state index in [9.17, 15) is 14.7 Å². The Bertz CT molecular complexity index is 1650. The Balaban J connectivity index is 1.75. The van der Waals surface area contributed by atoms with Crippen LogP contribution in [0.3, 0.4) is 0 Å². The van der Waals surface area contributed by atoms with Gasteiger partial charge in [0.05, 0.1) is 20.3 Å². The number of halogens is 1. The molecule has 0 aliphatic carbocycles. The maximum atomic E-state index is 15.8. The van der Waals surface area contributed by atoms with E-state index in [1.165, 1.54) is 17.7 Å². The van der Waals surface area contributed by atoms with Gasteiger partial charge in [0.25, 0.3) is 5.91 Å². The lowest BCUT2D eigenvalue weighted by molar-refractivity contribution is 0.0989. The van der Waals surface area contributed by atoms with Crippen molar-refractivity contribution in [1.29, 1.82) is 0 Å². The summed E-state index contributed by atoms with van der Waals surface area (Å²) in [6.07, 6.45) is 1.54. The number of nitrogens with zero attached hydrogens (tertiary/aromatic N) is 4. The van der Waals surface area contributed by atoms with Crippen LogP contribution in [0.25, 0.3) is 5.69 Å². The minimum absolute atomic E-state index is 0.0251. The predicted octanol–water partition coefficient (Wildman–Crippen LogP) is 4.53. The normalized spacial score (nSPS) is 11.8. The summed E-state index contributed by atoms with van der Waals surface area (Å²) >= 11 is 0. The monoisotopic (exact) mass is 575 g/mol. The zero-order valence-electron chi connectivity index (χ0n) is 24.1. The summed E-state index contributed by atoms with van der Waals surface area (Å²) in [6, 6.07) is 13.6. The van der Waals surface area contributed by atoms with Crippen molar-refractivity contribution in [3.8, 4) is 11.6 Å². The van der Waals surface area contributed by atoms with Crippen molar-refractivity contribution in [1.82, 2.24) is 19.3 Å². The number of benzene rings is 2. The Morgan fingerprint density at radius 1 is 1.19 bits per heavy atom. The molecular weight excluding hydrogens is 541 g/mol. The van der Waals surface area contributed by atoms with Crippen LogP contribution in [-0.2, 0) is 24.5 Å². The molecule has 0 aliphatic heterocycles. The van der Waals surface area contributed by atoms with Gasteiger partial charge in [-0.15, -0.1) is 5.10 Å². The van der Waals surface area contributed by atoms with Gasteiger partial charge in [-0.2, -0.15) is 4.68 Å². The average molecular weight is 576 g/mol. The molecule has 0 saturated carbocycles. The molecule has 11 heteroatoms. The van der Waals surface area contributed by atoms with E-state index < -0.39 is 29.9 Å². The van der Waals surface area contributed by atoms with Crippen LogP contribution in [0.5, 0.6) is 5.88 Å². The molecule has 0 spiro atoms. The molecule has 1 amide bonds. The van der Waals surface area contributed by atoms with E-state index in [0.29, 0.717) is 29.3 Å². The number of amides is 1. The highest BCUT2D eigenvalue weighted by molar-refractivity contribution is 6.06. The molecule has 2 aromatic heterocycles. The Kier molecular flexibility index (Phi) is 9.66. The van der Waals surface area contributed by atoms with Crippen molar-refractivity contribution in [2.24, 2.45) is 0 Å². The number of nitrogens with one attached hydrogen (secondary N) is 1. The second kappa shape index (κ2) is 13.4.